The maximum Gasteiger partial charge on any atom is 0.326 e. The molecule has 158 valence electrons. The van der Waals surface area contributed by atoms with Crippen molar-refractivity contribution < 1.29 is 9.59 Å². The Hall–Kier alpha value is -3.53. The lowest BCUT2D eigenvalue weighted by atomic mass is 10.2. The lowest BCUT2D eigenvalue weighted by Gasteiger charge is -2.37. The van der Waals surface area contributed by atoms with Crippen LogP contribution in [0.3, 0.4) is 0 Å². The Morgan fingerprint density at radius 3 is 2.58 bits per heavy atom. The van der Waals surface area contributed by atoms with Crippen LogP contribution in [0.15, 0.2) is 48.1 Å². The fourth-order valence-corrected chi connectivity index (χ4v) is 4.64. The second-order valence-electron chi connectivity index (χ2n) is 7.37. The summed E-state index contributed by atoms with van der Waals surface area (Å²) >= 11 is 1.59. The van der Waals surface area contributed by atoms with Gasteiger partial charge in [0.2, 0.25) is 0 Å². The number of likely N-dealkylation sites (N-methyl/N-ethyl adjacent to an activating group) is 1. The third kappa shape index (κ3) is 3.38. The van der Waals surface area contributed by atoms with Crippen molar-refractivity contribution in [1.82, 2.24) is 19.9 Å². The summed E-state index contributed by atoms with van der Waals surface area (Å²) in [6.07, 6.45) is 3.44. The van der Waals surface area contributed by atoms with Gasteiger partial charge in [-0.2, -0.15) is 0 Å². The highest BCUT2D eigenvalue weighted by atomic mass is 32.1. The minimum absolute atomic E-state index is 0.211. The van der Waals surface area contributed by atoms with Crippen molar-refractivity contribution in [2.45, 2.75) is 6.17 Å². The normalized spacial score (nSPS) is 18.3. The quantitative estimate of drug-likeness (QED) is 0.584. The number of thiazole rings is 1. The van der Waals surface area contributed by atoms with Crippen LogP contribution in [0.4, 0.5) is 21.4 Å². The van der Waals surface area contributed by atoms with Crippen LogP contribution in [0.25, 0.3) is 11.4 Å². The first-order valence-corrected chi connectivity index (χ1v) is 10.9. The van der Waals surface area contributed by atoms with Gasteiger partial charge < -0.3 is 14.7 Å². The van der Waals surface area contributed by atoms with Gasteiger partial charge in [-0.15, -0.1) is 11.3 Å². The molecule has 0 bridgehead atoms. The highest BCUT2D eigenvalue weighted by Gasteiger charge is 2.41. The molecule has 4 heterocycles. The minimum atomic E-state index is -0.750. The predicted octanol–water partition coefficient (Wildman–Crippen LogP) is 2.32. The summed E-state index contributed by atoms with van der Waals surface area (Å²) in [6, 6.07) is 9.42. The molecule has 0 N–H and O–H groups in total. The summed E-state index contributed by atoms with van der Waals surface area (Å²) < 4.78 is 0. The first-order chi connectivity index (χ1) is 15.2. The van der Waals surface area contributed by atoms with Gasteiger partial charge in [0.1, 0.15) is 5.69 Å². The number of benzene rings is 1. The fourth-order valence-electron chi connectivity index (χ4n) is 3.95. The molecular weight excluding hydrogens is 414 g/mol. The molecule has 9 nitrogen and oxygen atoms in total. The molecule has 2 aliphatic rings. The van der Waals surface area contributed by atoms with Crippen molar-refractivity contribution in [2.75, 3.05) is 47.9 Å². The Balaban J connectivity index is 1.39. The maximum atomic E-state index is 13.4. The number of rotatable bonds is 3. The summed E-state index contributed by atoms with van der Waals surface area (Å²) in [5.41, 5.74) is 1.43. The first kappa shape index (κ1) is 19.4. The number of fused-ring (bicyclic) bond motifs is 1. The van der Waals surface area contributed by atoms with Gasteiger partial charge in [-0.3, -0.25) is 9.69 Å². The molecule has 0 aliphatic carbocycles. The number of anilines is 3. The van der Waals surface area contributed by atoms with Crippen LogP contribution < -0.4 is 14.7 Å². The Morgan fingerprint density at radius 2 is 1.90 bits per heavy atom. The van der Waals surface area contributed by atoms with Crippen molar-refractivity contribution >= 4 is 40.3 Å². The maximum absolute atomic E-state index is 13.4. The average molecular weight is 436 g/mol. The van der Waals surface area contributed by atoms with Crippen LogP contribution in [0.1, 0.15) is 0 Å². The standard InChI is InChI=1S/C21H21N7O2S/c1-25-17(14-29)28(16-13-23-18(24-19(16)25)15-5-3-2-4-6-15)21(30)27-10-8-26(9-11-27)20-22-7-12-31-20/h2-7,12-14,17H,8-11H2,1H3. The van der Waals surface area contributed by atoms with Crippen molar-refractivity contribution in [2.24, 2.45) is 0 Å². The van der Waals surface area contributed by atoms with Gasteiger partial charge in [0.05, 0.1) is 6.20 Å². The molecule has 1 unspecified atom stereocenters. The van der Waals surface area contributed by atoms with E-state index in [0.29, 0.717) is 43.5 Å². The zero-order chi connectivity index (χ0) is 21.4. The number of aromatic nitrogens is 3. The van der Waals surface area contributed by atoms with Crippen LogP contribution in [0.5, 0.6) is 0 Å². The molecule has 2 aliphatic heterocycles. The van der Waals surface area contributed by atoms with E-state index in [2.05, 4.69) is 19.9 Å². The smallest absolute Gasteiger partial charge is 0.326 e. The molecule has 3 aromatic rings. The topological polar surface area (TPSA) is 85.8 Å². The van der Waals surface area contributed by atoms with E-state index in [1.54, 1.807) is 40.6 Å². The van der Waals surface area contributed by atoms with Crippen molar-refractivity contribution in [3.8, 4) is 11.4 Å². The summed E-state index contributed by atoms with van der Waals surface area (Å²) in [7, 11) is 1.77. The van der Waals surface area contributed by atoms with Crippen LogP contribution in [-0.2, 0) is 4.79 Å². The van der Waals surface area contributed by atoms with Crippen LogP contribution in [0.2, 0.25) is 0 Å². The van der Waals surface area contributed by atoms with Crippen LogP contribution in [0, 0.1) is 0 Å². The molecule has 2 amide bonds. The fraction of sp³-hybridized carbons (Fsp3) is 0.286. The molecule has 10 heteroatoms. The first-order valence-electron chi connectivity index (χ1n) is 10.0. The van der Waals surface area contributed by atoms with Crippen molar-refractivity contribution in [1.29, 1.82) is 0 Å². The Labute approximate surface area is 183 Å². The average Bonchev–Trinajstić information content (AvgIpc) is 3.46. The summed E-state index contributed by atoms with van der Waals surface area (Å²) in [5.74, 6) is 1.13. The molecular formula is C21H21N7O2S. The molecule has 1 fully saturated rings. The zero-order valence-corrected chi connectivity index (χ0v) is 17.8. The molecule has 31 heavy (non-hydrogen) atoms. The van der Waals surface area contributed by atoms with E-state index in [9.17, 15) is 9.59 Å². The molecule has 1 aromatic carbocycles. The van der Waals surface area contributed by atoms with Gasteiger partial charge >= 0.3 is 6.03 Å². The van der Waals surface area contributed by atoms with Crippen LogP contribution >= 0.6 is 11.3 Å². The number of nitrogens with zero attached hydrogens (tertiary/aromatic N) is 7. The number of amides is 2. The van der Waals surface area contributed by atoms with Crippen LogP contribution in [-0.4, -0.2) is 71.6 Å². The largest absolute Gasteiger partial charge is 0.345 e. The third-order valence-corrected chi connectivity index (χ3v) is 6.44. The second-order valence-corrected chi connectivity index (χ2v) is 8.24. The molecule has 0 saturated carbocycles. The summed E-state index contributed by atoms with van der Waals surface area (Å²) in [6.45, 7) is 2.51. The Kier molecular flexibility index (Phi) is 4.99. The second kappa shape index (κ2) is 7.95. The lowest BCUT2D eigenvalue weighted by molar-refractivity contribution is -0.108. The number of hydrogen-bond donors (Lipinski definition) is 0. The van der Waals surface area contributed by atoms with E-state index < -0.39 is 6.17 Å². The molecule has 0 spiro atoms. The van der Waals surface area contributed by atoms with Gasteiger partial charge in [0.15, 0.2) is 29.2 Å². The minimum Gasteiger partial charge on any atom is -0.345 e. The predicted molar refractivity (Wildman–Crippen MR) is 119 cm³/mol. The number of urea groups is 1. The highest BCUT2D eigenvalue weighted by molar-refractivity contribution is 7.13. The molecule has 0 radical (unpaired) electrons. The van der Waals surface area contributed by atoms with E-state index >= 15 is 0 Å². The van der Waals surface area contributed by atoms with Gasteiger partial charge in [-0.05, 0) is 0 Å². The van der Waals surface area contributed by atoms with E-state index in [4.69, 9.17) is 0 Å². The Bertz CT molecular complexity index is 1080. The summed E-state index contributed by atoms with van der Waals surface area (Å²) in [5, 5.41) is 2.91. The third-order valence-electron chi connectivity index (χ3n) is 5.60. The van der Waals surface area contributed by atoms with E-state index in [-0.39, 0.29) is 6.03 Å². The van der Waals surface area contributed by atoms with Gasteiger partial charge in [-0.25, -0.2) is 19.7 Å². The van der Waals surface area contributed by atoms with E-state index in [0.717, 1.165) is 17.0 Å². The monoisotopic (exact) mass is 435 g/mol. The molecule has 1 saturated heterocycles. The summed E-state index contributed by atoms with van der Waals surface area (Å²) in [4.78, 5) is 46.0. The molecule has 1 atom stereocenters. The van der Waals surface area contributed by atoms with Gasteiger partial charge in [0.25, 0.3) is 0 Å². The number of piperazine rings is 1. The highest BCUT2D eigenvalue weighted by Crippen LogP contribution is 2.38. The lowest BCUT2D eigenvalue weighted by Crippen LogP contribution is -2.56. The van der Waals surface area contributed by atoms with Crippen molar-refractivity contribution in [3.63, 3.8) is 0 Å². The number of aldehydes is 1. The zero-order valence-electron chi connectivity index (χ0n) is 17.0. The van der Waals surface area contributed by atoms with Crippen molar-refractivity contribution in [3.05, 3.63) is 48.1 Å². The van der Waals surface area contributed by atoms with Gasteiger partial charge in [-0.1, -0.05) is 30.3 Å². The number of carbonyl (C=O) groups excluding carboxylic acids is 2. The number of hydrogen-bond acceptors (Lipinski definition) is 8. The SMILES string of the molecule is CN1c2nc(-c3ccccc3)ncc2N(C(=O)N2CCN(c3nccs3)CC2)C1C=O. The van der Waals surface area contributed by atoms with E-state index in [1.165, 1.54) is 4.90 Å². The molecule has 2 aromatic heterocycles. The van der Waals surface area contributed by atoms with E-state index in [1.807, 2.05) is 35.7 Å². The molecule has 5 rings (SSSR count). The Morgan fingerprint density at radius 1 is 1.13 bits per heavy atom. The van der Waals surface area contributed by atoms with Gasteiger partial charge in [0, 0.05) is 50.4 Å². The number of carbonyl (C=O) groups is 2.